The molecule has 0 spiro atoms. The number of hydrogen-bond donors (Lipinski definition) is 0. The summed E-state index contributed by atoms with van der Waals surface area (Å²) in [4.78, 5) is 10.9. The van der Waals surface area contributed by atoms with Crippen molar-refractivity contribution in [3.63, 3.8) is 0 Å². The Bertz CT molecular complexity index is 368. The zero-order valence-corrected chi connectivity index (χ0v) is 10.4. The molecule has 88 valence electrons. The highest BCUT2D eigenvalue weighted by molar-refractivity contribution is 6.29. The van der Waals surface area contributed by atoms with Gasteiger partial charge in [-0.2, -0.15) is 0 Å². The molecule has 0 aromatic carbocycles. The Balaban J connectivity index is 2.24. The lowest BCUT2D eigenvalue weighted by Gasteiger charge is -2.21. The molecule has 0 atom stereocenters. The maximum Gasteiger partial charge on any atom is 0.158 e. The van der Waals surface area contributed by atoms with Gasteiger partial charge in [0.25, 0.3) is 0 Å². The number of anilines is 1. The van der Waals surface area contributed by atoms with Gasteiger partial charge < -0.3 is 9.64 Å². The van der Waals surface area contributed by atoms with Crippen LogP contribution in [0.3, 0.4) is 0 Å². The summed E-state index contributed by atoms with van der Waals surface area (Å²) in [5.74, 6) is 1.56. The molecular formula is C11H16ClN3O. The predicted octanol–water partition coefficient (Wildman–Crippen LogP) is 2.27. The molecule has 2 rings (SSSR count). The smallest absolute Gasteiger partial charge is 0.158 e. The van der Waals surface area contributed by atoms with Gasteiger partial charge in [-0.3, -0.25) is 0 Å². The van der Waals surface area contributed by atoms with E-state index in [0.29, 0.717) is 23.6 Å². The molecule has 0 N–H and O–H groups in total. The van der Waals surface area contributed by atoms with Gasteiger partial charge in [0.1, 0.15) is 17.6 Å². The predicted molar refractivity (Wildman–Crippen MR) is 63.8 cm³/mol. The molecule has 1 saturated carbocycles. The number of rotatable bonds is 5. The summed E-state index contributed by atoms with van der Waals surface area (Å²) in [6.07, 6.45) is 2.49. The van der Waals surface area contributed by atoms with Gasteiger partial charge in [-0.05, 0) is 19.8 Å². The first-order valence-electron chi connectivity index (χ1n) is 5.53. The van der Waals surface area contributed by atoms with E-state index in [0.717, 1.165) is 12.4 Å². The largest absolute Gasteiger partial charge is 0.377 e. The summed E-state index contributed by atoms with van der Waals surface area (Å²) in [5, 5.41) is 0.483. The fraction of sp³-hybridized carbons (Fsp3) is 0.636. The van der Waals surface area contributed by atoms with Crippen LogP contribution in [0.25, 0.3) is 0 Å². The molecule has 16 heavy (non-hydrogen) atoms. The third-order valence-corrected chi connectivity index (χ3v) is 2.82. The van der Waals surface area contributed by atoms with Crippen molar-refractivity contribution < 1.29 is 4.74 Å². The summed E-state index contributed by atoms with van der Waals surface area (Å²) >= 11 is 5.98. The van der Waals surface area contributed by atoms with Crippen LogP contribution in [0.1, 0.15) is 25.6 Å². The van der Waals surface area contributed by atoms with Gasteiger partial charge in [-0.1, -0.05) is 11.6 Å². The van der Waals surface area contributed by atoms with Crippen LogP contribution in [0.4, 0.5) is 5.82 Å². The lowest BCUT2D eigenvalue weighted by atomic mass is 10.4. The standard InChI is InChI=1S/C11H16ClN3O/c1-3-15(8-4-5-8)11-6-9(12)13-10(14-11)7-16-2/h6,8H,3-5,7H2,1-2H3. The molecule has 0 unspecified atom stereocenters. The molecule has 0 saturated heterocycles. The maximum atomic E-state index is 5.98. The van der Waals surface area contributed by atoms with E-state index < -0.39 is 0 Å². The minimum absolute atomic E-state index is 0.399. The molecular weight excluding hydrogens is 226 g/mol. The highest BCUT2D eigenvalue weighted by Crippen LogP contribution is 2.31. The fourth-order valence-electron chi connectivity index (χ4n) is 1.79. The Hall–Kier alpha value is -0.870. The topological polar surface area (TPSA) is 38.2 Å². The maximum absolute atomic E-state index is 5.98. The van der Waals surface area contributed by atoms with Crippen molar-refractivity contribution in [3.05, 3.63) is 17.0 Å². The zero-order valence-electron chi connectivity index (χ0n) is 9.61. The van der Waals surface area contributed by atoms with Gasteiger partial charge >= 0.3 is 0 Å². The SMILES string of the molecule is CCN(c1cc(Cl)nc(COC)n1)C1CC1. The highest BCUT2D eigenvalue weighted by atomic mass is 35.5. The van der Waals surface area contributed by atoms with Crippen LogP contribution in [0.2, 0.25) is 5.15 Å². The van der Waals surface area contributed by atoms with Crippen molar-refractivity contribution in [2.75, 3.05) is 18.6 Å². The summed E-state index contributed by atoms with van der Waals surface area (Å²) < 4.78 is 5.03. The molecule has 4 nitrogen and oxygen atoms in total. The van der Waals surface area contributed by atoms with Crippen LogP contribution in [0.5, 0.6) is 0 Å². The number of methoxy groups -OCH3 is 1. The molecule has 0 radical (unpaired) electrons. The molecule has 0 aliphatic heterocycles. The van der Waals surface area contributed by atoms with Crippen LogP contribution in [-0.2, 0) is 11.3 Å². The molecule has 0 bridgehead atoms. The molecule has 1 aliphatic rings. The third kappa shape index (κ3) is 2.62. The first-order chi connectivity index (χ1) is 7.74. The van der Waals surface area contributed by atoms with Crippen molar-refractivity contribution in [3.8, 4) is 0 Å². The van der Waals surface area contributed by atoms with Crippen LogP contribution in [0, 0.1) is 0 Å². The number of halogens is 1. The molecule has 0 amide bonds. The first-order valence-corrected chi connectivity index (χ1v) is 5.91. The van der Waals surface area contributed by atoms with Crippen LogP contribution in [0.15, 0.2) is 6.07 Å². The third-order valence-electron chi connectivity index (χ3n) is 2.62. The van der Waals surface area contributed by atoms with E-state index in [1.54, 1.807) is 7.11 Å². The minimum Gasteiger partial charge on any atom is -0.377 e. The molecule has 1 heterocycles. The van der Waals surface area contributed by atoms with E-state index in [1.807, 2.05) is 6.07 Å². The van der Waals surface area contributed by atoms with Gasteiger partial charge in [-0.15, -0.1) is 0 Å². The lowest BCUT2D eigenvalue weighted by molar-refractivity contribution is 0.178. The quantitative estimate of drug-likeness (QED) is 0.742. The van der Waals surface area contributed by atoms with Gasteiger partial charge in [0, 0.05) is 25.8 Å². The van der Waals surface area contributed by atoms with E-state index in [1.165, 1.54) is 12.8 Å². The van der Waals surface area contributed by atoms with Gasteiger partial charge in [0.2, 0.25) is 0 Å². The van der Waals surface area contributed by atoms with Crippen molar-refractivity contribution in [1.29, 1.82) is 0 Å². The van der Waals surface area contributed by atoms with Crippen LogP contribution >= 0.6 is 11.6 Å². The van der Waals surface area contributed by atoms with E-state index in [-0.39, 0.29) is 0 Å². The Morgan fingerprint density at radius 1 is 1.50 bits per heavy atom. The second-order valence-electron chi connectivity index (χ2n) is 3.92. The molecule has 1 aromatic rings. The van der Waals surface area contributed by atoms with Gasteiger partial charge in [0.05, 0.1) is 0 Å². The van der Waals surface area contributed by atoms with Crippen LogP contribution < -0.4 is 4.90 Å². The summed E-state index contributed by atoms with van der Waals surface area (Å²) in [7, 11) is 1.63. The Labute approximate surface area is 101 Å². The van der Waals surface area contributed by atoms with Crippen LogP contribution in [-0.4, -0.2) is 29.7 Å². The van der Waals surface area contributed by atoms with Gasteiger partial charge in [-0.25, -0.2) is 9.97 Å². The van der Waals surface area contributed by atoms with E-state index in [2.05, 4.69) is 21.8 Å². The van der Waals surface area contributed by atoms with Crippen molar-refractivity contribution in [1.82, 2.24) is 9.97 Å². The van der Waals surface area contributed by atoms with Crippen molar-refractivity contribution >= 4 is 17.4 Å². The molecule has 1 fully saturated rings. The lowest BCUT2D eigenvalue weighted by Crippen LogP contribution is -2.26. The average Bonchev–Trinajstić information content (AvgIpc) is 3.03. The van der Waals surface area contributed by atoms with Gasteiger partial charge in [0.15, 0.2) is 5.82 Å². The monoisotopic (exact) mass is 241 g/mol. The minimum atomic E-state index is 0.399. The number of nitrogens with zero attached hydrogens (tertiary/aromatic N) is 3. The zero-order chi connectivity index (χ0) is 11.5. The number of ether oxygens (including phenoxy) is 1. The number of aromatic nitrogens is 2. The van der Waals surface area contributed by atoms with E-state index in [9.17, 15) is 0 Å². The van der Waals surface area contributed by atoms with E-state index in [4.69, 9.17) is 16.3 Å². The highest BCUT2D eigenvalue weighted by Gasteiger charge is 2.29. The van der Waals surface area contributed by atoms with Crippen molar-refractivity contribution in [2.24, 2.45) is 0 Å². The molecule has 1 aliphatic carbocycles. The van der Waals surface area contributed by atoms with Crippen molar-refractivity contribution in [2.45, 2.75) is 32.4 Å². The summed E-state index contributed by atoms with van der Waals surface area (Å²) in [6.45, 7) is 3.48. The Morgan fingerprint density at radius 2 is 2.25 bits per heavy atom. The second-order valence-corrected chi connectivity index (χ2v) is 4.30. The molecule has 5 heteroatoms. The summed E-state index contributed by atoms with van der Waals surface area (Å²) in [5.41, 5.74) is 0. The normalized spacial score (nSPS) is 15.2. The summed E-state index contributed by atoms with van der Waals surface area (Å²) in [6, 6.07) is 2.45. The average molecular weight is 242 g/mol. The van der Waals surface area contributed by atoms with E-state index >= 15 is 0 Å². The number of hydrogen-bond acceptors (Lipinski definition) is 4. The molecule has 1 aromatic heterocycles. The Morgan fingerprint density at radius 3 is 2.81 bits per heavy atom. The first kappa shape index (κ1) is 11.6. The fourth-order valence-corrected chi connectivity index (χ4v) is 1.98. The Kier molecular flexibility index (Phi) is 3.61. The second kappa shape index (κ2) is 4.97.